The lowest BCUT2D eigenvalue weighted by atomic mass is 10.1. The number of carboxylic acids is 1. The number of carboxylic acid groups (broad SMARTS) is 1. The molecular formula is C13H24N2O4. The molecule has 110 valence electrons. The van der Waals surface area contributed by atoms with Crippen LogP contribution in [0.5, 0.6) is 0 Å². The van der Waals surface area contributed by atoms with Crippen molar-refractivity contribution in [2.75, 3.05) is 20.2 Å². The molecule has 19 heavy (non-hydrogen) atoms. The Bertz CT molecular complexity index is 301. The standard InChI is InChI=1S/C13H24N2O4/c1-3-4-5-11(12(16)17)14-13(18)15-8-6-10(19-2)7-9-15/h10-11H,3-9H2,1-2H3,(H,14,18)(H,16,17). The molecule has 0 radical (unpaired) electrons. The molecular weight excluding hydrogens is 248 g/mol. The molecule has 2 N–H and O–H groups in total. The molecule has 1 unspecified atom stereocenters. The molecule has 2 amide bonds. The highest BCUT2D eigenvalue weighted by Gasteiger charge is 2.26. The van der Waals surface area contributed by atoms with Gasteiger partial charge in [0, 0.05) is 20.2 Å². The SMILES string of the molecule is CCCCC(NC(=O)N1CCC(OC)CC1)C(=O)O. The van der Waals surface area contributed by atoms with Gasteiger partial charge >= 0.3 is 12.0 Å². The molecule has 1 heterocycles. The highest BCUT2D eigenvalue weighted by Crippen LogP contribution is 2.13. The van der Waals surface area contributed by atoms with Gasteiger partial charge in [0.05, 0.1) is 6.10 Å². The first kappa shape index (κ1) is 15.8. The van der Waals surface area contributed by atoms with E-state index in [2.05, 4.69) is 5.32 Å². The second kappa shape index (κ2) is 7.99. The van der Waals surface area contributed by atoms with E-state index in [1.165, 1.54) is 0 Å². The van der Waals surface area contributed by atoms with Gasteiger partial charge in [-0.15, -0.1) is 0 Å². The Kier molecular flexibility index (Phi) is 6.62. The van der Waals surface area contributed by atoms with Gasteiger partial charge in [-0.05, 0) is 19.3 Å². The number of piperidine rings is 1. The predicted octanol–water partition coefficient (Wildman–Crippen LogP) is 1.45. The van der Waals surface area contributed by atoms with Crippen LogP contribution in [0.25, 0.3) is 0 Å². The zero-order valence-corrected chi connectivity index (χ0v) is 11.7. The lowest BCUT2D eigenvalue weighted by Crippen LogP contribution is -2.50. The lowest BCUT2D eigenvalue weighted by molar-refractivity contribution is -0.139. The molecule has 0 aliphatic carbocycles. The summed E-state index contributed by atoms with van der Waals surface area (Å²) in [6, 6.07) is -1.06. The van der Waals surface area contributed by atoms with Gasteiger partial charge in [0.15, 0.2) is 0 Å². The van der Waals surface area contributed by atoms with Crippen LogP contribution >= 0.6 is 0 Å². The highest BCUT2D eigenvalue weighted by molar-refractivity contribution is 5.82. The van der Waals surface area contributed by atoms with Crippen LogP contribution < -0.4 is 5.32 Å². The molecule has 0 aromatic carbocycles. The largest absolute Gasteiger partial charge is 0.480 e. The minimum atomic E-state index is -0.964. The third kappa shape index (κ3) is 5.06. The smallest absolute Gasteiger partial charge is 0.326 e. The molecule has 0 saturated carbocycles. The summed E-state index contributed by atoms with van der Waals surface area (Å²) in [5.41, 5.74) is 0. The predicted molar refractivity (Wildman–Crippen MR) is 71.1 cm³/mol. The van der Waals surface area contributed by atoms with Gasteiger partial charge in [-0.25, -0.2) is 9.59 Å². The molecule has 0 bridgehead atoms. The van der Waals surface area contributed by atoms with Crippen LogP contribution in [0, 0.1) is 0 Å². The van der Waals surface area contributed by atoms with Gasteiger partial charge in [0.1, 0.15) is 6.04 Å². The Balaban J connectivity index is 2.42. The van der Waals surface area contributed by atoms with Crippen molar-refractivity contribution in [2.24, 2.45) is 0 Å². The molecule has 6 heteroatoms. The number of aliphatic carboxylic acids is 1. The number of carbonyl (C=O) groups is 2. The number of carbonyl (C=O) groups excluding carboxylic acids is 1. The summed E-state index contributed by atoms with van der Waals surface area (Å²) in [4.78, 5) is 24.7. The summed E-state index contributed by atoms with van der Waals surface area (Å²) in [6.07, 6.45) is 4.00. The lowest BCUT2D eigenvalue weighted by Gasteiger charge is -2.32. The average molecular weight is 272 g/mol. The summed E-state index contributed by atoms with van der Waals surface area (Å²) >= 11 is 0. The van der Waals surface area contributed by atoms with E-state index in [1.807, 2.05) is 6.92 Å². The van der Waals surface area contributed by atoms with E-state index in [0.717, 1.165) is 25.7 Å². The van der Waals surface area contributed by atoms with E-state index < -0.39 is 12.0 Å². The summed E-state index contributed by atoms with van der Waals surface area (Å²) in [5.74, 6) is -0.964. The first-order valence-corrected chi connectivity index (χ1v) is 6.89. The molecule has 1 saturated heterocycles. The maximum Gasteiger partial charge on any atom is 0.326 e. The van der Waals surface area contributed by atoms with Crippen LogP contribution in [0.1, 0.15) is 39.0 Å². The van der Waals surface area contributed by atoms with Crippen LogP contribution in [0.2, 0.25) is 0 Å². The number of nitrogens with one attached hydrogen (secondary N) is 1. The average Bonchev–Trinajstić information content (AvgIpc) is 2.43. The Hall–Kier alpha value is -1.30. The van der Waals surface area contributed by atoms with Gasteiger partial charge in [-0.2, -0.15) is 0 Å². The quantitative estimate of drug-likeness (QED) is 0.767. The van der Waals surface area contributed by atoms with Gasteiger partial charge in [0.25, 0.3) is 0 Å². The van der Waals surface area contributed by atoms with E-state index in [-0.39, 0.29) is 12.1 Å². The number of hydrogen-bond acceptors (Lipinski definition) is 3. The summed E-state index contributed by atoms with van der Waals surface area (Å²) in [7, 11) is 1.67. The third-order valence-electron chi connectivity index (χ3n) is 3.50. The number of unbranched alkanes of at least 4 members (excludes halogenated alkanes) is 1. The number of likely N-dealkylation sites (tertiary alicyclic amines) is 1. The Labute approximate surface area is 114 Å². The minimum Gasteiger partial charge on any atom is -0.480 e. The number of amides is 2. The van der Waals surface area contributed by atoms with Crippen molar-refractivity contribution >= 4 is 12.0 Å². The van der Waals surface area contributed by atoms with Crippen molar-refractivity contribution in [3.8, 4) is 0 Å². The Morgan fingerprint density at radius 3 is 2.53 bits per heavy atom. The molecule has 1 aliphatic rings. The first-order chi connectivity index (χ1) is 9.08. The second-order valence-corrected chi connectivity index (χ2v) is 4.90. The van der Waals surface area contributed by atoms with Crippen molar-refractivity contribution in [1.82, 2.24) is 10.2 Å². The maximum atomic E-state index is 12.0. The maximum absolute atomic E-state index is 12.0. The molecule has 0 aromatic heterocycles. The van der Waals surface area contributed by atoms with Crippen molar-refractivity contribution in [3.63, 3.8) is 0 Å². The van der Waals surface area contributed by atoms with Crippen LogP contribution in [0.4, 0.5) is 4.79 Å². The van der Waals surface area contributed by atoms with E-state index in [0.29, 0.717) is 19.5 Å². The molecule has 1 rings (SSSR count). The Morgan fingerprint density at radius 2 is 2.05 bits per heavy atom. The van der Waals surface area contributed by atoms with E-state index in [4.69, 9.17) is 9.84 Å². The molecule has 0 aromatic rings. The zero-order chi connectivity index (χ0) is 14.3. The Morgan fingerprint density at radius 1 is 1.42 bits per heavy atom. The topological polar surface area (TPSA) is 78.9 Å². The molecule has 1 aliphatic heterocycles. The van der Waals surface area contributed by atoms with Gasteiger partial charge < -0.3 is 20.1 Å². The monoisotopic (exact) mass is 272 g/mol. The summed E-state index contributed by atoms with van der Waals surface area (Å²) in [5, 5.41) is 11.7. The van der Waals surface area contributed by atoms with Crippen LogP contribution in [-0.2, 0) is 9.53 Å². The summed E-state index contributed by atoms with van der Waals surface area (Å²) in [6.45, 7) is 3.23. The molecule has 6 nitrogen and oxygen atoms in total. The number of rotatable bonds is 6. The fourth-order valence-electron chi connectivity index (χ4n) is 2.20. The fourth-order valence-corrected chi connectivity index (χ4v) is 2.20. The zero-order valence-electron chi connectivity index (χ0n) is 11.7. The van der Waals surface area contributed by atoms with Crippen molar-refractivity contribution in [1.29, 1.82) is 0 Å². The number of nitrogens with zero attached hydrogens (tertiary/aromatic N) is 1. The first-order valence-electron chi connectivity index (χ1n) is 6.89. The number of methoxy groups -OCH3 is 1. The third-order valence-corrected chi connectivity index (χ3v) is 3.50. The van der Waals surface area contributed by atoms with Crippen LogP contribution in [0.15, 0.2) is 0 Å². The van der Waals surface area contributed by atoms with E-state index in [1.54, 1.807) is 12.0 Å². The molecule has 1 atom stereocenters. The van der Waals surface area contributed by atoms with Crippen LogP contribution in [0.3, 0.4) is 0 Å². The van der Waals surface area contributed by atoms with Crippen LogP contribution in [-0.4, -0.2) is 54.4 Å². The highest BCUT2D eigenvalue weighted by atomic mass is 16.5. The number of hydrogen-bond donors (Lipinski definition) is 2. The van der Waals surface area contributed by atoms with Gasteiger partial charge in [0.2, 0.25) is 0 Å². The van der Waals surface area contributed by atoms with Crippen molar-refractivity contribution in [2.45, 2.75) is 51.2 Å². The summed E-state index contributed by atoms with van der Waals surface area (Å²) < 4.78 is 5.24. The van der Waals surface area contributed by atoms with Crippen molar-refractivity contribution in [3.05, 3.63) is 0 Å². The second-order valence-electron chi connectivity index (χ2n) is 4.90. The fraction of sp³-hybridized carbons (Fsp3) is 0.846. The van der Waals surface area contributed by atoms with Gasteiger partial charge in [-0.1, -0.05) is 19.8 Å². The van der Waals surface area contributed by atoms with Crippen molar-refractivity contribution < 1.29 is 19.4 Å². The normalized spacial score (nSPS) is 18.1. The van der Waals surface area contributed by atoms with Gasteiger partial charge in [-0.3, -0.25) is 0 Å². The van der Waals surface area contributed by atoms with E-state index >= 15 is 0 Å². The molecule has 0 spiro atoms. The minimum absolute atomic E-state index is 0.208. The number of urea groups is 1. The number of ether oxygens (including phenoxy) is 1. The molecule has 1 fully saturated rings. The van der Waals surface area contributed by atoms with E-state index in [9.17, 15) is 9.59 Å².